The largest absolute Gasteiger partial charge is 0.573 e. The highest BCUT2D eigenvalue weighted by Gasteiger charge is 2.31. The Kier molecular flexibility index (Phi) is 6.97. The number of hydrogen-bond acceptors (Lipinski definition) is 6. The Bertz CT molecular complexity index is 1100. The monoisotopic (exact) mass is 472 g/mol. The molecule has 34 heavy (non-hydrogen) atoms. The predicted octanol–water partition coefficient (Wildman–Crippen LogP) is 5.08. The van der Waals surface area contributed by atoms with Gasteiger partial charge in [0.1, 0.15) is 5.75 Å². The molecule has 2 heterocycles. The van der Waals surface area contributed by atoms with Gasteiger partial charge in [0, 0.05) is 30.2 Å². The molecule has 0 saturated carbocycles. The minimum atomic E-state index is -4.73. The molecule has 1 aliphatic heterocycles. The number of carbonyl (C=O) groups is 1. The summed E-state index contributed by atoms with van der Waals surface area (Å²) in [6.45, 7) is 2.31. The van der Waals surface area contributed by atoms with Crippen molar-refractivity contribution >= 4 is 17.6 Å². The van der Waals surface area contributed by atoms with Gasteiger partial charge in [0.25, 0.3) is 0 Å². The van der Waals surface area contributed by atoms with E-state index in [1.54, 1.807) is 12.4 Å². The number of anilines is 2. The normalized spacial score (nSPS) is 15.1. The first-order chi connectivity index (χ1) is 16.2. The van der Waals surface area contributed by atoms with Crippen molar-refractivity contribution in [3.8, 4) is 16.9 Å². The van der Waals surface area contributed by atoms with Crippen molar-refractivity contribution in [1.29, 1.82) is 0 Å². The van der Waals surface area contributed by atoms with E-state index >= 15 is 0 Å². The average molecular weight is 472 g/mol. The van der Waals surface area contributed by atoms with Crippen LogP contribution < -0.4 is 10.1 Å². The fourth-order valence-corrected chi connectivity index (χ4v) is 3.81. The van der Waals surface area contributed by atoms with E-state index in [9.17, 15) is 18.0 Å². The summed E-state index contributed by atoms with van der Waals surface area (Å²) in [5.41, 5.74) is 3.27. The molecule has 0 aliphatic carbocycles. The Morgan fingerprint density at radius 2 is 1.62 bits per heavy atom. The Labute approximate surface area is 194 Å². The van der Waals surface area contributed by atoms with Gasteiger partial charge in [-0.05, 0) is 61.3 Å². The summed E-state index contributed by atoms with van der Waals surface area (Å²) in [5.74, 6) is -0.844. The van der Waals surface area contributed by atoms with Crippen LogP contribution in [0.1, 0.15) is 18.4 Å². The third-order valence-electron chi connectivity index (χ3n) is 5.63. The maximum atomic E-state index is 12.3. The minimum Gasteiger partial charge on any atom is -0.481 e. The van der Waals surface area contributed by atoms with Crippen molar-refractivity contribution in [1.82, 2.24) is 14.9 Å². The molecule has 1 aliphatic rings. The number of aromatic nitrogens is 2. The van der Waals surface area contributed by atoms with Crippen LogP contribution in [0.15, 0.2) is 60.9 Å². The summed E-state index contributed by atoms with van der Waals surface area (Å²) in [6.07, 6.45) is -0.203. The Morgan fingerprint density at radius 1 is 1.00 bits per heavy atom. The quantitative estimate of drug-likeness (QED) is 0.496. The van der Waals surface area contributed by atoms with Gasteiger partial charge in [0.05, 0.1) is 5.92 Å². The van der Waals surface area contributed by atoms with Crippen LogP contribution in [0.4, 0.5) is 24.8 Å². The second-order valence-corrected chi connectivity index (χ2v) is 8.08. The van der Waals surface area contributed by atoms with Gasteiger partial charge in [-0.3, -0.25) is 9.69 Å². The molecule has 0 spiro atoms. The minimum absolute atomic E-state index is 0.239. The lowest BCUT2D eigenvalue weighted by molar-refractivity contribution is -0.274. The van der Waals surface area contributed by atoms with Crippen LogP contribution in [0.25, 0.3) is 11.1 Å². The number of likely N-dealkylation sites (tertiary alicyclic amines) is 1. The smallest absolute Gasteiger partial charge is 0.481 e. The number of halogens is 3. The van der Waals surface area contributed by atoms with E-state index in [4.69, 9.17) is 5.11 Å². The van der Waals surface area contributed by atoms with Crippen LogP contribution in [0.3, 0.4) is 0 Å². The number of benzene rings is 2. The highest BCUT2D eigenvalue weighted by molar-refractivity contribution is 5.70. The van der Waals surface area contributed by atoms with Crippen LogP contribution in [0.5, 0.6) is 5.75 Å². The molecule has 0 unspecified atom stereocenters. The average Bonchev–Trinajstić information content (AvgIpc) is 2.81. The second kappa shape index (κ2) is 10.1. The van der Waals surface area contributed by atoms with Crippen LogP contribution in [0.2, 0.25) is 0 Å². The van der Waals surface area contributed by atoms with Gasteiger partial charge >= 0.3 is 12.3 Å². The topological polar surface area (TPSA) is 87.6 Å². The molecule has 0 amide bonds. The van der Waals surface area contributed by atoms with Crippen LogP contribution >= 0.6 is 0 Å². The zero-order valence-corrected chi connectivity index (χ0v) is 18.1. The molecule has 1 aromatic heterocycles. The number of nitrogens with one attached hydrogen (secondary N) is 1. The molecule has 4 rings (SSSR count). The lowest BCUT2D eigenvalue weighted by Crippen LogP contribution is -2.35. The van der Waals surface area contributed by atoms with Crippen LogP contribution in [-0.2, 0) is 11.3 Å². The molecule has 7 nitrogen and oxygen atoms in total. The molecule has 0 atom stereocenters. The maximum absolute atomic E-state index is 12.3. The highest BCUT2D eigenvalue weighted by Crippen LogP contribution is 2.26. The fourth-order valence-electron chi connectivity index (χ4n) is 3.81. The molecular weight excluding hydrogens is 449 g/mol. The van der Waals surface area contributed by atoms with E-state index in [1.807, 2.05) is 24.3 Å². The molecule has 0 radical (unpaired) electrons. The molecule has 10 heteroatoms. The van der Waals surface area contributed by atoms with Gasteiger partial charge in [0.2, 0.25) is 5.95 Å². The zero-order valence-electron chi connectivity index (χ0n) is 18.1. The highest BCUT2D eigenvalue weighted by atomic mass is 19.4. The number of rotatable bonds is 7. The maximum Gasteiger partial charge on any atom is 0.573 e. The predicted molar refractivity (Wildman–Crippen MR) is 120 cm³/mol. The van der Waals surface area contributed by atoms with Gasteiger partial charge < -0.3 is 15.2 Å². The number of hydrogen-bond donors (Lipinski definition) is 2. The van der Waals surface area contributed by atoms with E-state index in [0.29, 0.717) is 29.9 Å². The molecule has 2 N–H and O–H groups in total. The summed E-state index contributed by atoms with van der Waals surface area (Å²) in [7, 11) is 0. The first-order valence-corrected chi connectivity index (χ1v) is 10.7. The Morgan fingerprint density at radius 3 is 2.18 bits per heavy atom. The summed E-state index contributed by atoms with van der Waals surface area (Å²) in [4.78, 5) is 21.9. The van der Waals surface area contributed by atoms with Gasteiger partial charge in [-0.25, -0.2) is 9.97 Å². The van der Waals surface area contributed by atoms with Crippen LogP contribution in [0, 0.1) is 5.92 Å². The van der Waals surface area contributed by atoms with Crippen molar-refractivity contribution in [2.45, 2.75) is 25.7 Å². The number of carboxylic acid groups (broad SMARTS) is 1. The number of carboxylic acids is 1. The summed E-state index contributed by atoms with van der Waals surface area (Å²) in [6, 6.07) is 13.4. The standard InChI is InChI=1S/C24H23F3N4O3/c25-24(26,27)34-21-7-3-17(4-8-21)19-13-28-23(29-14-19)30-20-5-1-16(2-6-20)15-31-11-9-18(10-12-31)22(32)33/h1-8,13-14,18H,9-12,15H2,(H,32,33)(H,28,29,30). The number of piperidine rings is 1. The third kappa shape index (κ3) is 6.44. The summed E-state index contributed by atoms with van der Waals surface area (Å²) < 4.78 is 40.7. The fraction of sp³-hybridized carbons (Fsp3) is 0.292. The molecule has 178 valence electrons. The molecule has 0 bridgehead atoms. The van der Waals surface area contributed by atoms with E-state index < -0.39 is 12.3 Å². The van der Waals surface area contributed by atoms with Crippen LogP contribution in [-0.4, -0.2) is 45.4 Å². The van der Waals surface area contributed by atoms with Gasteiger partial charge in [-0.2, -0.15) is 0 Å². The van der Waals surface area contributed by atoms with Gasteiger partial charge in [-0.1, -0.05) is 24.3 Å². The zero-order chi connectivity index (χ0) is 24.1. The molecule has 2 aromatic carbocycles. The first-order valence-electron chi connectivity index (χ1n) is 10.7. The third-order valence-corrected chi connectivity index (χ3v) is 5.63. The first kappa shape index (κ1) is 23.5. The summed E-state index contributed by atoms with van der Waals surface area (Å²) >= 11 is 0. The van der Waals surface area contributed by atoms with Crippen molar-refractivity contribution in [3.05, 3.63) is 66.5 Å². The number of aliphatic carboxylic acids is 1. The molecule has 1 fully saturated rings. The summed E-state index contributed by atoms with van der Waals surface area (Å²) in [5, 5.41) is 12.2. The van der Waals surface area contributed by atoms with E-state index in [2.05, 4.69) is 24.9 Å². The van der Waals surface area contributed by atoms with Crippen molar-refractivity contribution in [3.63, 3.8) is 0 Å². The van der Waals surface area contributed by atoms with Crippen molar-refractivity contribution in [2.24, 2.45) is 5.92 Å². The Hall–Kier alpha value is -3.66. The van der Waals surface area contributed by atoms with E-state index in [-0.39, 0.29) is 11.7 Å². The lowest BCUT2D eigenvalue weighted by Gasteiger charge is -2.30. The van der Waals surface area contributed by atoms with E-state index in [1.165, 1.54) is 24.3 Å². The number of ether oxygens (including phenoxy) is 1. The van der Waals surface area contributed by atoms with Gasteiger partial charge in [-0.15, -0.1) is 13.2 Å². The van der Waals surface area contributed by atoms with Gasteiger partial charge in [0.15, 0.2) is 0 Å². The van der Waals surface area contributed by atoms with Crippen molar-refractivity contribution < 1.29 is 27.8 Å². The SMILES string of the molecule is O=C(O)C1CCN(Cc2ccc(Nc3ncc(-c4ccc(OC(F)(F)F)cc4)cn3)cc2)CC1. The lowest BCUT2D eigenvalue weighted by atomic mass is 9.97. The second-order valence-electron chi connectivity index (χ2n) is 8.08. The van der Waals surface area contributed by atoms with E-state index in [0.717, 1.165) is 30.9 Å². The molecule has 3 aromatic rings. The number of alkyl halides is 3. The molecular formula is C24H23F3N4O3. The number of nitrogens with zero attached hydrogens (tertiary/aromatic N) is 3. The van der Waals surface area contributed by atoms with Crippen molar-refractivity contribution in [2.75, 3.05) is 18.4 Å². The molecule has 1 saturated heterocycles. The Balaban J connectivity index is 1.31.